The van der Waals surface area contributed by atoms with Crippen molar-refractivity contribution in [2.45, 2.75) is 32.0 Å². The van der Waals surface area contributed by atoms with Crippen molar-refractivity contribution in [2.24, 2.45) is 5.92 Å². The van der Waals surface area contributed by atoms with E-state index in [-0.39, 0.29) is 0 Å². The van der Waals surface area contributed by atoms with Crippen LogP contribution >= 0.6 is 0 Å². The van der Waals surface area contributed by atoms with Crippen molar-refractivity contribution >= 4 is 5.82 Å². The van der Waals surface area contributed by atoms with Crippen LogP contribution in [0.2, 0.25) is 0 Å². The summed E-state index contributed by atoms with van der Waals surface area (Å²) < 4.78 is 37.1. The number of hydrazine groups is 1. The lowest BCUT2D eigenvalue weighted by atomic mass is 9.98. The summed E-state index contributed by atoms with van der Waals surface area (Å²) in [4.78, 5) is 3.77. The van der Waals surface area contributed by atoms with Gasteiger partial charge < -0.3 is 5.32 Å². The molecule has 1 fully saturated rings. The number of nitrogens with one attached hydrogen (secondary N) is 3. The summed E-state index contributed by atoms with van der Waals surface area (Å²) >= 11 is 0. The molecule has 0 aliphatic carbocycles. The highest BCUT2D eigenvalue weighted by Crippen LogP contribution is 2.28. The Morgan fingerprint density at radius 2 is 2.20 bits per heavy atom. The van der Waals surface area contributed by atoms with Crippen LogP contribution in [0.25, 0.3) is 0 Å². The number of alkyl halides is 3. The van der Waals surface area contributed by atoms with Crippen LogP contribution < -0.4 is 16.2 Å². The summed E-state index contributed by atoms with van der Waals surface area (Å²) in [5.41, 5.74) is 5.55. The van der Waals surface area contributed by atoms with Gasteiger partial charge in [0.2, 0.25) is 0 Å². The van der Waals surface area contributed by atoms with Crippen LogP contribution in [0.4, 0.5) is 19.0 Å². The molecule has 4 nitrogen and oxygen atoms in total. The topological polar surface area (TPSA) is 49.0 Å². The van der Waals surface area contributed by atoms with E-state index in [1.807, 2.05) is 0 Å². The molecule has 0 radical (unpaired) electrons. The van der Waals surface area contributed by atoms with E-state index >= 15 is 0 Å². The maximum Gasteiger partial charge on any atom is 0.417 e. The van der Waals surface area contributed by atoms with Gasteiger partial charge in [0.05, 0.1) is 5.56 Å². The molecule has 1 aliphatic rings. The van der Waals surface area contributed by atoms with Crippen LogP contribution in [-0.4, -0.2) is 24.1 Å². The fourth-order valence-corrected chi connectivity index (χ4v) is 2.24. The third-order valence-electron chi connectivity index (χ3n) is 3.55. The number of hydrogen-bond donors (Lipinski definition) is 3. The van der Waals surface area contributed by atoms with Crippen molar-refractivity contribution in [3.63, 3.8) is 0 Å². The lowest BCUT2D eigenvalue weighted by molar-refractivity contribution is -0.137. The third kappa shape index (κ3) is 4.08. The Hall–Kier alpha value is -1.34. The zero-order chi connectivity index (χ0) is 14.6. The van der Waals surface area contributed by atoms with Gasteiger partial charge in [0.25, 0.3) is 0 Å². The zero-order valence-electron chi connectivity index (χ0n) is 11.3. The molecule has 0 spiro atoms. The third-order valence-corrected chi connectivity index (χ3v) is 3.55. The predicted molar refractivity (Wildman–Crippen MR) is 71.1 cm³/mol. The van der Waals surface area contributed by atoms with E-state index in [0.717, 1.165) is 31.6 Å². The van der Waals surface area contributed by atoms with Crippen LogP contribution in [0.3, 0.4) is 0 Å². The number of anilines is 1. The van der Waals surface area contributed by atoms with E-state index in [4.69, 9.17) is 0 Å². The number of rotatable bonds is 5. The Balaban J connectivity index is 1.71. The number of nitrogens with zero attached hydrogens (tertiary/aromatic N) is 1. The molecule has 0 amide bonds. The van der Waals surface area contributed by atoms with E-state index in [9.17, 15) is 13.2 Å². The lowest BCUT2D eigenvalue weighted by Gasteiger charge is -2.13. The summed E-state index contributed by atoms with van der Waals surface area (Å²) in [5.74, 6) is 1.08. The van der Waals surface area contributed by atoms with Gasteiger partial charge in [-0.15, -0.1) is 0 Å². The second kappa shape index (κ2) is 6.41. The largest absolute Gasteiger partial charge is 0.417 e. The fraction of sp³-hybridized carbons (Fsp3) is 0.615. The van der Waals surface area contributed by atoms with Crippen LogP contribution in [0.15, 0.2) is 18.3 Å². The van der Waals surface area contributed by atoms with Crippen molar-refractivity contribution in [2.75, 3.05) is 18.4 Å². The number of aromatic nitrogens is 1. The van der Waals surface area contributed by atoms with E-state index in [1.165, 1.54) is 6.07 Å². The quantitative estimate of drug-likeness (QED) is 0.728. The van der Waals surface area contributed by atoms with Gasteiger partial charge in [-0.2, -0.15) is 13.2 Å². The second-order valence-corrected chi connectivity index (χ2v) is 5.07. The molecule has 1 aliphatic heterocycles. The summed E-state index contributed by atoms with van der Waals surface area (Å²) in [6.07, 6.45) is -1.45. The summed E-state index contributed by atoms with van der Waals surface area (Å²) in [7, 11) is 0. The van der Waals surface area contributed by atoms with Crippen LogP contribution in [0.1, 0.15) is 25.3 Å². The highest BCUT2D eigenvalue weighted by Gasteiger charge is 2.30. The lowest BCUT2D eigenvalue weighted by Crippen LogP contribution is -2.28. The van der Waals surface area contributed by atoms with E-state index in [0.29, 0.717) is 24.3 Å². The Morgan fingerprint density at radius 3 is 2.75 bits per heavy atom. The van der Waals surface area contributed by atoms with Gasteiger partial charge in [-0.05, 0) is 37.8 Å². The second-order valence-electron chi connectivity index (χ2n) is 5.07. The van der Waals surface area contributed by atoms with Crippen molar-refractivity contribution in [3.8, 4) is 0 Å². The Morgan fingerprint density at radius 1 is 1.40 bits per heavy atom. The standard InChI is InChI=1S/C13H19F3N4/c1-9-10(7-19-20-9)3-2-6-17-12-5-4-11(8-18-12)13(14,15)16/h4-5,8-10,19-20H,2-3,6-7H2,1H3,(H,17,18). The smallest absolute Gasteiger partial charge is 0.370 e. The molecule has 3 N–H and O–H groups in total. The first-order valence-corrected chi connectivity index (χ1v) is 6.72. The molecule has 0 saturated carbocycles. The molecule has 2 heterocycles. The fourth-order valence-electron chi connectivity index (χ4n) is 2.24. The van der Waals surface area contributed by atoms with Gasteiger partial charge in [0.1, 0.15) is 5.82 Å². The Bertz CT molecular complexity index is 419. The molecule has 1 aromatic rings. The van der Waals surface area contributed by atoms with Gasteiger partial charge >= 0.3 is 6.18 Å². The van der Waals surface area contributed by atoms with Gasteiger partial charge in [-0.1, -0.05) is 0 Å². The highest BCUT2D eigenvalue weighted by atomic mass is 19.4. The van der Waals surface area contributed by atoms with Crippen LogP contribution in [0.5, 0.6) is 0 Å². The minimum absolute atomic E-state index is 0.458. The molecule has 0 aromatic carbocycles. The highest BCUT2D eigenvalue weighted by molar-refractivity contribution is 5.35. The number of pyridine rings is 1. The van der Waals surface area contributed by atoms with Gasteiger partial charge in [-0.25, -0.2) is 4.98 Å². The van der Waals surface area contributed by atoms with Crippen LogP contribution in [-0.2, 0) is 6.18 Å². The molecule has 2 rings (SSSR count). The van der Waals surface area contributed by atoms with Crippen molar-refractivity contribution in [1.29, 1.82) is 0 Å². The van der Waals surface area contributed by atoms with Gasteiger partial charge in [0, 0.05) is 25.3 Å². The zero-order valence-corrected chi connectivity index (χ0v) is 11.3. The molecular formula is C13H19F3N4. The van der Waals surface area contributed by atoms with Gasteiger partial charge in [-0.3, -0.25) is 10.9 Å². The average molecular weight is 288 g/mol. The maximum absolute atomic E-state index is 12.4. The first-order chi connectivity index (χ1) is 9.47. The molecule has 2 atom stereocenters. The molecule has 1 aromatic heterocycles. The Labute approximate surface area is 116 Å². The minimum Gasteiger partial charge on any atom is -0.370 e. The van der Waals surface area contributed by atoms with E-state index in [1.54, 1.807) is 0 Å². The van der Waals surface area contributed by atoms with Crippen LogP contribution in [0, 0.1) is 5.92 Å². The first kappa shape index (κ1) is 15.1. The molecule has 2 unspecified atom stereocenters. The van der Waals surface area contributed by atoms with E-state index < -0.39 is 11.7 Å². The summed E-state index contributed by atoms with van der Waals surface area (Å²) in [6.45, 7) is 3.80. The molecular weight excluding hydrogens is 269 g/mol. The predicted octanol–water partition coefficient (Wildman–Crippen LogP) is 2.41. The molecule has 1 saturated heterocycles. The molecule has 0 bridgehead atoms. The first-order valence-electron chi connectivity index (χ1n) is 6.72. The average Bonchev–Trinajstić information content (AvgIpc) is 2.80. The SMILES string of the molecule is CC1NNCC1CCCNc1ccc(C(F)(F)F)cn1. The summed E-state index contributed by atoms with van der Waals surface area (Å²) in [5, 5.41) is 3.04. The number of halogens is 3. The normalized spacial score (nSPS) is 23.0. The monoisotopic (exact) mass is 288 g/mol. The van der Waals surface area contributed by atoms with Gasteiger partial charge in [0.15, 0.2) is 0 Å². The molecule has 112 valence electrons. The van der Waals surface area contributed by atoms with Crippen molar-refractivity contribution in [3.05, 3.63) is 23.9 Å². The Kier molecular flexibility index (Phi) is 4.82. The van der Waals surface area contributed by atoms with Crippen molar-refractivity contribution in [1.82, 2.24) is 15.8 Å². The minimum atomic E-state index is -4.33. The molecule has 7 heteroatoms. The van der Waals surface area contributed by atoms with E-state index in [2.05, 4.69) is 28.1 Å². The summed E-state index contributed by atoms with van der Waals surface area (Å²) in [6, 6.07) is 2.87. The molecule has 20 heavy (non-hydrogen) atoms. The van der Waals surface area contributed by atoms with Crippen molar-refractivity contribution < 1.29 is 13.2 Å². The maximum atomic E-state index is 12.4. The number of hydrogen-bond acceptors (Lipinski definition) is 4.